The summed E-state index contributed by atoms with van der Waals surface area (Å²) in [6.45, 7) is 9.15. The summed E-state index contributed by atoms with van der Waals surface area (Å²) in [6, 6.07) is 0.233. The second kappa shape index (κ2) is 8.40. The number of rotatable bonds is 7. The standard InChI is InChI=1S/C17H31NO3/c1-5-13(6-2)18(11-12(3)4)16(19)14-9-7-8-10-15(14)17(20)21/h12-15H,5-11H2,1-4H3,(H,20,21). The summed E-state index contributed by atoms with van der Waals surface area (Å²) in [4.78, 5) is 26.4. The average molecular weight is 297 g/mol. The van der Waals surface area contributed by atoms with Crippen molar-refractivity contribution < 1.29 is 14.7 Å². The lowest BCUT2D eigenvalue weighted by Crippen LogP contribution is -2.48. The predicted octanol–water partition coefficient (Wildman–Crippen LogP) is 3.55. The van der Waals surface area contributed by atoms with E-state index in [0.29, 0.717) is 12.3 Å². The number of aliphatic carboxylic acids is 1. The van der Waals surface area contributed by atoms with Crippen LogP contribution in [0.5, 0.6) is 0 Å². The van der Waals surface area contributed by atoms with Crippen LogP contribution in [-0.2, 0) is 9.59 Å². The number of carbonyl (C=O) groups is 2. The Labute approximate surface area is 128 Å². The van der Waals surface area contributed by atoms with Crippen LogP contribution in [0.1, 0.15) is 66.2 Å². The van der Waals surface area contributed by atoms with Gasteiger partial charge in [-0.1, -0.05) is 40.5 Å². The van der Waals surface area contributed by atoms with E-state index in [0.717, 1.165) is 38.6 Å². The third-order valence-corrected chi connectivity index (χ3v) is 4.63. The number of carboxylic acids is 1. The smallest absolute Gasteiger partial charge is 0.307 e. The molecular weight excluding hydrogens is 266 g/mol. The summed E-state index contributed by atoms with van der Waals surface area (Å²) in [6.07, 6.45) is 5.13. The highest BCUT2D eigenvalue weighted by Gasteiger charge is 2.39. The van der Waals surface area contributed by atoms with Gasteiger partial charge in [0.25, 0.3) is 0 Å². The van der Waals surface area contributed by atoms with Gasteiger partial charge in [-0.25, -0.2) is 0 Å². The van der Waals surface area contributed by atoms with Crippen molar-refractivity contribution in [2.75, 3.05) is 6.54 Å². The van der Waals surface area contributed by atoms with E-state index < -0.39 is 11.9 Å². The number of hydrogen-bond donors (Lipinski definition) is 1. The summed E-state index contributed by atoms with van der Waals surface area (Å²) in [5, 5.41) is 9.40. The van der Waals surface area contributed by atoms with E-state index in [1.54, 1.807) is 0 Å². The molecule has 21 heavy (non-hydrogen) atoms. The van der Waals surface area contributed by atoms with Crippen LogP contribution in [-0.4, -0.2) is 34.5 Å². The van der Waals surface area contributed by atoms with Crippen LogP contribution < -0.4 is 0 Å². The van der Waals surface area contributed by atoms with Crippen molar-refractivity contribution in [1.82, 2.24) is 4.90 Å². The lowest BCUT2D eigenvalue weighted by Gasteiger charge is -2.37. The van der Waals surface area contributed by atoms with Crippen LogP contribution in [0.3, 0.4) is 0 Å². The molecule has 0 bridgehead atoms. The zero-order valence-corrected chi connectivity index (χ0v) is 14.0. The lowest BCUT2D eigenvalue weighted by atomic mass is 9.78. The molecule has 1 rings (SSSR count). The van der Waals surface area contributed by atoms with Crippen LogP contribution in [0.2, 0.25) is 0 Å². The van der Waals surface area contributed by atoms with E-state index in [2.05, 4.69) is 27.7 Å². The Kier molecular flexibility index (Phi) is 7.20. The molecule has 0 aliphatic heterocycles. The first kappa shape index (κ1) is 18.0. The highest BCUT2D eigenvalue weighted by Crippen LogP contribution is 2.33. The van der Waals surface area contributed by atoms with Gasteiger partial charge in [0.1, 0.15) is 0 Å². The largest absolute Gasteiger partial charge is 0.481 e. The topological polar surface area (TPSA) is 57.6 Å². The fourth-order valence-corrected chi connectivity index (χ4v) is 3.48. The van der Waals surface area contributed by atoms with Crippen molar-refractivity contribution in [2.45, 2.75) is 72.3 Å². The van der Waals surface area contributed by atoms with E-state index in [1.165, 1.54) is 0 Å². The van der Waals surface area contributed by atoms with Crippen molar-refractivity contribution in [3.8, 4) is 0 Å². The van der Waals surface area contributed by atoms with Gasteiger partial charge in [-0.2, -0.15) is 0 Å². The van der Waals surface area contributed by atoms with Gasteiger partial charge in [-0.3, -0.25) is 9.59 Å². The predicted molar refractivity (Wildman–Crippen MR) is 84.0 cm³/mol. The molecule has 1 aliphatic rings. The van der Waals surface area contributed by atoms with E-state index in [-0.39, 0.29) is 17.9 Å². The lowest BCUT2D eigenvalue weighted by molar-refractivity contribution is -0.153. The molecule has 0 aromatic heterocycles. The number of carbonyl (C=O) groups excluding carboxylic acids is 1. The highest BCUT2D eigenvalue weighted by molar-refractivity contribution is 5.85. The molecule has 0 aromatic carbocycles. The fraction of sp³-hybridized carbons (Fsp3) is 0.882. The molecule has 4 heteroatoms. The Morgan fingerprint density at radius 1 is 1.10 bits per heavy atom. The maximum Gasteiger partial charge on any atom is 0.307 e. The van der Waals surface area contributed by atoms with E-state index in [1.807, 2.05) is 4.90 Å². The van der Waals surface area contributed by atoms with Crippen LogP contribution in [0.15, 0.2) is 0 Å². The van der Waals surface area contributed by atoms with Crippen molar-refractivity contribution in [3.05, 3.63) is 0 Å². The second-order valence-electron chi connectivity index (χ2n) is 6.69. The summed E-state index contributed by atoms with van der Waals surface area (Å²) in [7, 11) is 0. The molecule has 0 saturated heterocycles. The molecule has 2 unspecified atom stereocenters. The molecule has 0 aromatic rings. The molecule has 0 heterocycles. The Balaban J connectivity index is 2.93. The van der Waals surface area contributed by atoms with Crippen LogP contribution >= 0.6 is 0 Å². The van der Waals surface area contributed by atoms with Crippen LogP contribution in [0.4, 0.5) is 0 Å². The quantitative estimate of drug-likeness (QED) is 0.782. The molecule has 1 amide bonds. The van der Waals surface area contributed by atoms with Gasteiger partial charge < -0.3 is 10.0 Å². The normalized spacial score (nSPS) is 22.6. The van der Waals surface area contributed by atoms with E-state index in [4.69, 9.17) is 0 Å². The first-order chi connectivity index (χ1) is 9.92. The summed E-state index contributed by atoms with van der Waals surface area (Å²) >= 11 is 0. The van der Waals surface area contributed by atoms with Crippen molar-refractivity contribution in [1.29, 1.82) is 0 Å². The first-order valence-corrected chi connectivity index (χ1v) is 8.45. The van der Waals surface area contributed by atoms with Gasteiger partial charge in [0.15, 0.2) is 0 Å². The SMILES string of the molecule is CCC(CC)N(CC(C)C)C(=O)C1CCCCC1C(=O)O. The molecule has 122 valence electrons. The maximum absolute atomic E-state index is 13.0. The molecule has 1 aliphatic carbocycles. The minimum atomic E-state index is -0.804. The van der Waals surface area contributed by atoms with Crippen molar-refractivity contribution in [2.24, 2.45) is 17.8 Å². The zero-order valence-electron chi connectivity index (χ0n) is 14.0. The van der Waals surface area contributed by atoms with Crippen molar-refractivity contribution in [3.63, 3.8) is 0 Å². The third-order valence-electron chi connectivity index (χ3n) is 4.63. The zero-order chi connectivity index (χ0) is 16.0. The summed E-state index contributed by atoms with van der Waals surface area (Å²) in [5.74, 6) is -1.14. The Morgan fingerprint density at radius 3 is 2.05 bits per heavy atom. The van der Waals surface area contributed by atoms with Gasteiger partial charge in [-0.15, -0.1) is 0 Å². The molecule has 1 N–H and O–H groups in total. The van der Waals surface area contributed by atoms with Gasteiger partial charge in [0.2, 0.25) is 5.91 Å². The Morgan fingerprint density at radius 2 is 1.62 bits per heavy atom. The number of hydrogen-bond acceptors (Lipinski definition) is 2. The molecule has 0 spiro atoms. The van der Waals surface area contributed by atoms with Gasteiger partial charge in [-0.05, 0) is 31.6 Å². The number of nitrogens with zero attached hydrogens (tertiary/aromatic N) is 1. The maximum atomic E-state index is 13.0. The van der Waals surface area contributed by atoms with Gasteiger partial charge in [0.05, 0.1) is 11.8 Å². The Bertz CT molecular complexity index is 350. The summed E-state index contributed by atoms with van der Waals surface area (Å²) < 4.78 is 0. The molecule has 1 saturated carbocycles. The molecule has 1 fully saturated rings. The van der Waals surface area contributed by atoms with Crippen LogP contribution in [0, 0.1) is 17.8 Å². The molecule has 4 nitrogen and oxygen atoms in total. The van der Waals surface area contributed by atoms with Crippen LogP contribution in [0.25, 0.3) is 0 Å². The molecule has 2 atom stereocenters. The second-order valence-corrected chi connectivity index (χ2v) is 6.69. The van der Waals surface area contributed by atoms with E-state index in [9.17, 15) is 14.7 Å². The third kappa shape index (κ3) is 4.72. The van der Waals surface area contributed by atoms with E-state index >= 15 is 0 Å². The first-order valence-electron chi connectivity index (χ1n) is 8.45. The minimum absolute atomic E-state index is 0.0736. The van der Waals surface area contributed by atoms with Gasteiger partial charge in [0, 0.05) is 12.6 Å². The molecular formula is C17H31NO3. The number of amides is 1. The minimum Gasteiger partial charge on any atom is -0.481 e. The molecule has 0 radical (unpaired) electrons. The fourth-order valence-electron chi connectivity index (χ4n) is 3.48. The van der Waals surface area contributed by atoms with Gasteiger partial charge >= 0.3 is 5.97 Å². The number of carboxylic acid groups (broad SMARTS) is 1. The summed E-state index contributed by atoms with van der Waals surface area (Å²) in [5.41, 5.74) is 0. The average Bonchev–Trinajstić information content (AvgIpc) is 2.46. The highest BCUT2D eigenvalue weighted by atomic mass is 16.4. The van der Waals surface area contributed by atoms with Crippen molar-refractivity contribution >= 4 is 11.9 Å². The Hall–Kier alpha value is -1.06. The monoisotopic (exact) mass is 297 g/mol.